The Bertz CT molecular complexity index is 391. The van der Waals surface area contributed by atoms with Gasteiger partial charge in [-0.2, -0.15) is 0 Å². The summed E-state index contributed by atoms with van der Waals surface area (Å²) < 4.78 is 1.64. The van der Waals surface area contributed by atoms with Crippen LogP contribution in [-0.4, -0.2) is 6.54 Å². The molecule has 0 spiro atoms. The Morgan fingerprint density at radius 2 is 2.22 bits per heavy atom. The molecule has 0 aromatic carbocycles. The van der Waals surface area contributed by atoms with Crippen LogP contribution in [0, 0.1) is 11.8 Å². The second kappa shape index (κ2) is 6.60. The molecule has 1 N–H and O–H groups in total. The van der Waals surface area contributed by atoms with E-state index in [2.05, 4.69) is 19.2 Å². The van der Waals surface area contributed by atoms with Crippen molar-refractivity contribution >= 4 is 34.5 Å². The van der Waals surface area contributed by atoms with Gasteiger partial charge >= 0.3 is 0 Å². The monoisotopic (exact) mass is 305 g/mol. The van der Waals surface area contributed by atoms with E-state index in [0.717, 1.165) is 21.1 Å². The SMILES string of the molecule is CCNC(c1cc(Cl)sc1Cl)C1CCCC(C)C1. The molecule has 102 valence electrons. The van der Waals surface area contributed by atoms with Gasteiger partial charge in [-0.3, -0.25) is 0 Å². The summed E-state index contributed by atoms with van der Waals surface area (Å²) in [6.07, 6.45) is 5.30. The molecule has 3 unspecified atom stereocenters. The minimum Gasteiger partial charge on any atom is -0.310 e. The lowest BCUT2D eigenvalue weighted by Crippen LogP contribution is -2.31. The van der Waals surface area contributed by atoms with E-state index in [1.54, 1.807) is 0 Å². The number of thiophene rings is 1. The van der Waals surface area contributed by atoms with Gasteiger partial charge < -0.3 is 5.32 Å². The van der Waals surface area contributed by atoms with Crippen LogP contribution in [0.1, 0.15) is 51.1 Å². The van der Waals surface area contributed by atoms with Crippen LogP contribution in [0.3, 0.4) is 0 Å². The molecule has 0 radical (unpaired) electrons. The Hall–Kier alpha value is 0.240. The van der Waals surface area contributed by atoms with E-state index in [9.17, 15) is 0 Å². The van der Waals surface area contributed by atoms with Crippen LogP contribution in [0.15, 0.2) is 6.07 Å². The average molecular weight is 306 g/mol. The van der Waals surface area contributed by atoms with E-state index in [1.165, 1.54) is 42.6 Å². The van der Waals surface area contributed by atoms with Crippen LogP contribution in [0.25, 0.3) is 0 Å². The predicted octanol–water partition coefficient (Wildman–Crippen LogP) is 5.53. The fourth-order valence-electron chi connectivity index (χ4n) is 3.10. The Morgan fingerprint density at radius 3 is 2.78 bits per heavy atom. The van der Waals surface area contributed by atoms with E-state index in [1.807, 2.05) is 6.07 Å². The standard InChI is InChI=1S/C14H21Cl2NS/c1-3-17-13(10-6-4-5-9(2)7-10)11-8-12(15)18-14(11)16/h8-10,13,17H,3-7H2,1-2H3. The lowest BCUT2D eigenvalue weighted by molar-refractivity contribution is 0.225. The summed E-state index contributed by atoms with van der Waals surface area (Å²) in [6.45, 7) is 5.48. The number of hydrogen-bond donors (Lipinski definition) is 1. The molecule has 2 rings (SSSR count). The van der Waals surface area contributed by atoms with Crippen LogP contribution < -0.4 is 5.32 Å². The van der Waals surface area contributed by atoms with Gasteiger partial charge in [-0.25, -0.2) is 0 Å². The van der Waals surface area contributed by atoms with E-state index in [0.29, 0.717) is 12.0 Å². The first kappa shape index (κ1) is 14.6. The topological polar surface area (TPSA) is 12.0 Å². The maximum Gasteiger partial charge on any atom is 0.0992 e. The second-order valence-corrected chi connectivity index (χ2v) is 7.63. The van der Waals surface area contributed by atoms with Crippen molar-refractivity contribution in [2.24, 2.45) is 11.8 Å². The molecule has 1 nitrogen and oxygen atoms in total. The Kier molecular flexibility index (Phi) is 5.37. The van der Waals surface area contributed by atoms with Gasteiger partial charge in [0, 0.05) is 11.6 Å². The van der Waals surface area contributed by atoms with E-state index in [-0.39, 0.29) is 0 Å². The number of nitrogens with one attached hydrogen (secondary N) is 1. The maximum atomic E-state index is 6.33. The summed E-state index contributed by atoms with van der Waals surface area (Å²) in [5.74, 6) is 1.52. The molecule has 0 saturated heterocycles. The third kappa shape index (κ3) is 3.41. The molecule has 0 aliphatic heterocycles. The number of halogens is 2. The molecule has 1 aromatic heterocycles. The molecule has 1 aliphatic carbocycles. The molecule has 1 aliphatic rings. The van der Waals surface area contributed by atoms with Crippen LogP contribution in [0.2, 0.25) is 8.67 Å². The first-order chi connectivity index (χ1) is 8.61. The summed E-state index contributed by atoms with van der Waals surface area (Å²) in [5, 5.41) is 3.61. The lowest BCUT2D eigenvalue weighted by atomic mass is 9.77. The van der Waals surface area contributed by atoms with E-state index >= 15 is 0 Å². The van der Waals surface area contributed by atoms with Crippen molar-refractivity contribution in [2.45, 2.75) is 45.6 Å². The van der Waals surface area contributed by atoms with Crippen molar-refractivity contribution in [3.8, 4) is 0 Å². The fraction of sp³-hybridized carbons (Fsp3) is 0.714. The molecule has 1 heterocycles. The van der Waals surface area contributed by atoms with Crippen LogP contribution in [0.4, 0.5) is 0 Å². The van der Waals surface area contributed by atoms with E-state index < -0.39 is 0 Å². The molecule has 0 bridgehead atoms. The average Bonchev–Trinajstić information content (AvgIpc) is 2.65. The van der Waals surface area contributed by atoms with Crippen LogP contribution >= 0.6 is 34.5 Å². The minimum atomic E-state index is 0.369. The zero-order valence-electron chi connectivity index (χ0n) is 11.0. The summed E-state index contributed by atoms with van der Waals surface area (Å²) in [4.78, 5) is 0. The molecular formula is C14H21Cl2NS. The summed E-state index contributed by atoms with van der Waals surface area (Å²) in [7, 11) is 0. The molecular weight excluding hydrogens is 285 g/mol. The van der Waals surface area contributed by atoms with Crippen LogP contribution in [-0.2, 0) is 0 Å². The highest BCUT2D eigenvalue weighted by atomic mass is 35.5. The van der Waals surface area contributed by atoms with Gasteiger partial charge in [0.2, 0.25) is 0 Å². The third-order valence-electron chi connectivity index (χ3n) is 3.89. The molecule has 1 fully saturated rings. The highest BCUT2D eigenvalue weighted by Crippen LogP contribution is 2.42. The van der Waals surface area contributed by atoms with Crippen molar-refractivity contribution in [3.63, 3.8) is 0 Å². The van der Waals surface area contributed by atoms with Crippen molar-refractivity contribution in [3.05, 3.63) is 20.3 Å². The molecule has 3 atom stereocenters. The Morgan fingerprint density at radius 1 is 1.44 bits per heavy atom. The normalized spacial score (nSPS) is 26.2. The van der Waals surface area contributed by atoms with Gasteiger partial charge in [-0.15, -0.1) is 11.3 Å². The fourth-order valence-corrected chi connectivity index (χ4v) is 4.65. The summed E-state index contributed by atoms with van der Waals surface area (Å²) >= 11 is 13.9. The van der Waals surface area contributed by atoms with E-state index in [4.69, 9.17) is 23.2 Å². The largest absolute Gasteiger partial charge is 0.310 e. The molecule has 1 aromatic rings. The molecule has 0 amide bonds. The van der Waals surface area contributed by atoms with Gasteiger partial charge in [-0.05, 0) is 37.3 Å². The number of rotatable bonds is 4. The van der Waals surface area contributed by atoms with Gasteiger partial charge in [0.15, 0.2) is 0 Å². The third-order valence-corrected chi connectivity index (χ3v) is 5.41. The first-order valence-corrected chi connectivity index (χ1v) is 8.37. The van der Waals surface area contributed by atoms with Crippen molar-refractivity contribution in [1.29, 1.82) is 0 Å². The highest BCUT2D eigenvalue weighted by molar-refractivity contribution is 7.20. The zero-order valence-corrected chi connectivity index (χ0v) is 13.3. The predicted molar refractivity (Wildman–Crippen MR) is 81.9 cm³/mol. The van der Waals surface area contributed by atoms with Crippen molar-refractivity contribution < 1.29 is 0 Å². The second-order valence-electron chi connectivity index (χ2n) is 5.35. The maximum absolute atomic E-state index is 6.33. The minimum absolute atomic E-state index is 0.369. The van der Waals surface area contributed by atoms with Gasteiger partial charge in [0.25, 0.3) is 0 Å². The Balaban J connectivity index is 2.19. The summed E-state index contributed by atoms with van der Waals surface area (Å²) in [6, 6.07) is 2.41. The zero-order chi connectivity index (χ0) is 13.1. The molecule has 18 heavy (non-hydrogen) atoms. The smallest absolute Gasteiger partial charge is 0.0992 e. The summed E-state index contributed by atoms with van der Waals surface area (Å²) in [5.41, 5.74) is 1.20. The van der Waals surface area contributed by atoms with Crippen molar-refractivity contribution in [2.75, 3.05) is 6.54 Å². The Labute approximate surface area is 124 Å². The highest BCUT2D eigenvalue weighted by Gasteiger charge is 2.29. The first-order valence-electron chi connectivity index (χ1n) is 6.80. The van der Waals surface area contributed by atoms with Gasteiger partial charge in [0.1, 0.15) is 0 Å². The molecule has 1 saturated carbocycles. The van der Waals surface area contributed by atoms with Crippen LogP contribution in [0.5, 0.6) is 0 Å². The van der Waals surface area contributed by atoms with Gasteiger partial charge in [0.05, 0.1) is 8.67 Å². The molecule has 4 heteroatoms. The van der Waals surface area contributed by atoms with Crippen molar-refractivity contribution in [1.82, 2.24) is 5.32 Å². The van der Waals surface area contributed by atoms with Gasteiger partial charge in [-0.1, -0.05) is 49.9 Å². The quantitative estimate of drug-likeness (QED) is 0.771. The lowest BCUT2D eigenvalue weighted by Gasteiger charge is -2.33. The number of hydrogen-bond acceptors (Lipinski definition) is 2.